The molecule has 1 aliphatic heterocycles. The predicted octanol–water partition coefficient (Wildman–Crippen LogP) is 2.32. The first-order valence-corrected chi connectivity index (χ1v) is 8.91. The molecule has 6 nitrogen and oxygen atoms in total. The van der Waals surface area contributed by atoms with Gasteiger partial charge in [-0.3, -0.25) is 9.59 Å². The summed E-state index contributed by atoms with van der Waals surface area (Å²) in [4.78, 5) is 24.6. The first-order chi connectivity index (χ1) is 13.1. The van der Waals surface area contributed by atoms with Crippen molar-refractivity contribution in [2.24, 2.45) is 0 Å². The Kier molecular flexibility index (Phi) is 6.38. The second-order valence-corrected chi connectivity index (χ2v) is 6.33. The number of carbonyl (C=O) groups is 2. The summed E-state index contributed by atoms with van der Waals surface area (Å²) >= 11 is 0. The quantitative estimate of drug-likeness (QED) is 0.728. The molecule has 7 heteroatoms. The van der Waals surface area contributed by atoms with Gasteiger partial charge in [0.2, 0.25) is 0 Å². The van der Waals surface area contributed by atoms with Crippen molar-refractivity contribution in [1.82, 2.24) is 10.6 Å². The molecule has 1 atom stereocenters. The van der Waals surface area contributed by atoms with Crippen LogP contribution in [0.3, 0.4) is 0 Å². The smallest absolute Gasteiger partial charge is 0.262 e. The Balaban J connectivity index is 1.59. The van der Waals surface area contributed by atoms with Crippen molar-refractivity contribution in [3.05, 3.63) is 59.9 Å². The fraction of sp³-hybridized carbons (Fsp3) is 0.300. The minimum absolute atomic E-state index is 0.0728. The Morgan fingerprint density at radius 2 is 1.93 bits per heavy atom. The minimum Gasteiger partial charge on any atom is -0.483 e. The molecule has 2 amide bonds. The summed E-state index contributed by atoms with van der Waals surface area (Å²) in [6.45, 7) is 1.37. The first kappa shape index (κ1) is 18.8. The fourth-order valence-corrected chi connectivity index (χ4v) is 2.91. The molecule has 2 aromatic rings. The van der Waals surface area contributed by atoms with Crippen molar-refractivity contribution in [1.29, 1.82) is 0 Å². The van der Waals surface area contributed by atoms with E-state index in [0.29, 0.717) is 11.3 Å². The van der Waals surface area contributed by atoms with Crippen LogP contribution in [0.1, 0.15) is 23.2 Å². The number of piperidine rings is 1. The van der Waals surface area contributed by atoms with Crippen LogP contribution in [0.2, 0.25) is 0 Å². The van der Waals surface area contributed by atoms with E-state index in [1.54, 1.807) is 30.3 Å². The van der Waals surface area contributed by atoms with Crippen molar-refractivity contribution < 1.29 is 18.7 Å². The van der Waals surface area contributed by atoms with Crippen LogP contribution < -0.4 is 20.7 Å². The van der Waals surface area contributed by atoms with E-state index < -0.39 is 11.7 Å². The summed E-state index contributed by atoms with van der Waals surface area (Å²) in [7, 11) is 0. The molecule has 1 aliphatic rings. The Labute approximate surface area is 157 Å². The molecular formula is C20H22FN3O3. The molecule has 0 aromatic heterocycles. The molecule has 0 saturated carbocycles. The number of ether oxygens (including phenoxy) is 1. The highest BCUT2D eigenvalue weighted by molar-refractivity contribution is 5.97. The van der Waals surface area contributed by atoms with E-state index in [-0.39, 0.29) is 24.2 Å². The molecule has 0 spiro atoms. The monoisotopic (exact) mass is 371 g/mol. The Morgan fingerprint density at radius 1 is 1.15 bits per heavy atom. The predicted molar refractivity (Wildman–Crippen MR) is 100 cm³/mol. The number of benzene rings is 2. The largest absolute Gasteiger partial charge is 0.483 e. The van der Waals surface area contributed by atoms with Crippen molar-refractivity contribution in [3.8, 4) is 5.75 Å². The average Bonchev–Trinajstić information content (AvgIpc) is 2.69. The van der Waals surface area contributed by atoms with Crippen LogP contribution >= 0.6 is 0 Å². The van der Waals surface area contributed by atoms with E-state index in [0.717, 1.165) is 25.9 Å². The lowest BCUT2D eigenvalue weighted by Crippen LogP contribution is -2.45. The van der Waals surface area contributed by atoms with E-state index in [1.807, 2.05) is 0 Å². The van der Waals surface area contributed by atoms with Gasteiger partial charge in [-0.25, -0.2) is 4.39 Å². The second kappa shape index (κ2) is 9.14. The number of hydrogen-bond donors (Lipinski definition) is 3. The molecule has 3 N–H and O–H groups in total. The maximum Gasteiger partial charge on any atom is 0.262 e. The van der Waals surface area contributed by atoms with E-state index in [2.05, 4.69) is 16.0 Å². The topological polar surface area (TPSA) is 79.5 Å². The molecule has 0 unspecified atom stereocenters. The van der Waals surface area contributed by atoms with Gasteiger partial charge in [0.25, 0.3) is 11.8 Å². The summed E-state index contributed by atoms with van der Waals surface area (Å²) in [6, 6.07) is 12.7. The van der Waals surface area contributed by atoms with Gasteiger partial charge in [-0.1, -0.05) is 24.3 Å². The number of nitrogens with one attached hydrogen (secondary N) is 3. The maximum atomic E-state index is 13.6. The van der Waals surface area contributed by atoms with Crippen molar-refractivity contribution >= 4 is 17.5 Å². The lowest BCUT2D eigenvalue weighted by molar-refractivity contribution is -0.118. The van der Waals surface area contributed by atoms with Crippen LogP contribution in [0.15, 0.2) is 48.5 Å². The fourth-order valence-electron chi connectivity index (χ4n) is 2.91. The Hall–Kier alpha value is -2.93. The molecule has 1 heterocycles. The number of para-hydroxylation sites is 2. The number of carbonyl (C=O) groups excluding carboxylic acids is 2. The van der Waals surface area contributed by atoms with Gasteiger partial charge in [0, 0.05) is 12.6 Å². The molecule has 1 saturated heterocycles. The maximum absolute atomic E-state index is 13.6. The molecule has 0 radical (unpaired) electrons. The zero-order valence-corrected chi connectivity index (χ0v) is 14.8. The third-order valence-corrected chi connectivity index (χ3v) is 4.27. The molecular weight excluding hydrogens is 349 g/mol. The van der Waals surface area contributed by atoms with Crippen molar-refractivity contribution in [3.63, 3.8) is 0 Å². The van der Waals surface area contributed by atoms with Gasteiger partial charge in [-0.15, -0.1) is 0 Å². The van der Waals surface area contributed by atoms with E-state index in [1.165, 1.54) is 18.2 Å². The molecule has 3 rings (SSSR count). The van der Waals surface area contributed by atoms with Crippen LogP contribution in [0.25, 0.3) is 0 Å². The summed E-state index contributed by atoms with van der Waals surface area (Å²) in [6.07, 6.45) is 1.94. The number of amides is 2. The molecule has 1 fully saturated rings. The second-order valence-electron chi connectivity index (χ2n) is 6.33. The van der Waals surface area contributed by atoms with Crippen LogP contribution in [0.5, 0.6) is 5.75 Å². The Bertz CT molecular complexity index is 807. The third kappa shape index (κ3) is 5.27. The minimum atomic E-state index is -0.522. The lowest BCUT2D eigenvalue weighted by Gasteiger charge is -2.24. The molecule has 0 aliphatic carbocycles. The number of anilines is 1. The van der Waals surface area contributed by atoms with Gasteiger partial charge in [0.15, 0.2) is 6.61 Å². The summed E-state index contributed by atoms with van der Waals surface area (Å²) in [5.74, 6) is -0.963. The number of halogens is 1. The summed E-state index contributed by atoms with van der Waals surface area (Å²) in [5, 5.41) is 8.67. The lowest BCUT2D eigenvalue weighted by atomic mass is 10.1. The summed E-state index contributed by atoms with van der Waals surface area (Å²) < 4.78 is 19.1. The summed E-state index contributed by atoms with van der Waals surface area (Å²) in [5.41, 5.74) is 0.448. The van der Waals surface area contributed by atoms with Gasteiger partial charge >= 0.3 is 0 Å². The highest BCUT2D eigenvalue weighted by Crippen LogP contribution is 2.19. The number of hydrogen-bond acceptors (Lipinski definition) is 4. The SMILES string of the molecule is O=C(COc1ccccc1C(=O)N[C@H]1CCCNC1)Nc1ccccc1F. The third-order valence-electron chi connectivity index (χ3n) is 4.27. The zero-order valence-electron chi connectivity index (χ0n) is 14.8. The molecule has 27 heavy (non-hydrogen) atoms. The highest BCUT2D eigenvalue weighted by atomic mass is 19.1. The van der Waals surface area contributed by atoms with E-state index in [4.69, 9.17) is 4.74 Å². The van der Waals surface area contributed by atoms with Gasteiger partial charge in [0.1, 0.15) is 11.6 Å². The van der Waals surface area contributed by atoms with E-state index in [9.17, 15) is 14.0 Å². The van der Waals surface area contributed by atoms with Gasteiger partial charge in [-0.2, -0.15) is 0 Å². The van der Waals surface area contributed by atoms with Crippen molar-refractivity contribution in [2.75, 3.05) is 25.0 Å². The van der Waals surface area contributed by atoms with Gasteiger partial charge in [0.05, 0.1) is 11.3 Å². The standard InChI is InChI=1S/C20H22FN3O3/c21-16-8-2-3-9-17(16)24-19(25)13-27-18-10-4-1-7-15(18)20(26)23-14-6-5-11-22-12-14/h1-4,7-10,14,22H,5-6,11-13H2,(H,23,26)(H,24,25)/t14-/m0/s1. The van der Waals surface area contributed by atoms with Crippen LogP contribution in [0.4, 0.5) is 10.1 Å². The number of rotatable bonds is 6. The van der Waals surface area contributed by atoms with Crippen molar-refractivity contribution in [2.45, 2.75) is 18.9 Å². The highest BCUT2D eigenvalue weighted by Gasteiger charge is 2.19. The van der Waals surface area contributed by atoms with Crippen LogP contribution in [0, 0.1) is 5.82 Å². The van der Waals surface area contributed by atoms with Crippen LogP contribution in [-0.4, -0.2) is 37.6 Å². The molecule has 2 aromatic carbocycles. The Morgan fingerprint density at radius 3 is 2.70 bits per heavy atom. The van der Waals surface area contributed by atoms with Crippen LogP contribution in [-0.2, 0) is 4.79 Å². The van der Waals surface area contributed by atoms with Gasteiger partial charge in [-0.05, 0) is 43.7 Å². The average molecular weight is 371 g/mol. The molecule has 142 valence electrons. The zero-order chi connectivity index (χ0) is 19.1. The first-order valence-electron chi connectivity index (χ1n) is 8.91. The normalized spacial score (nSPS) is 16.4. The van der Waals surface area contributed by atoms with E-state index >= 15 is 0 Å². The molecule has 0 bridgehead atoms. The van der Waals surface area contributed by atoms with Gasteiger partial charge < -0.3 is 20.7 Å².